The van der Waals surface area contributed by atoms with E-state index in [1.165, 1.54) is 5.56 Å². The molecule has 2 aromatic rings. The SMILES string of the molecule is CC(C)(c1ccccc1)c1ccc(OP(=O)(O)O)cc1. The summed E-state index contributed by atoms with van der Waals surface area (Å²) in [6.45, 7) is 4.20. The Balaban J connectivity index is 2.28. The van der Waals surface area contributed by atoms with Gasteiger partial charge in [0, 0.05) is 5.41 Å². The molecule has 5 heteroatoms. The molecule has 0 aromatic heterocycles. The van der Waals surface area contributed by atoms with Crippen LogP contribution in [0.5, 0.6) is 5.75 Å². The maximum atomic E-state index is 10.8. The quantitative estimate of drug-likeness (QED) is 0.847. The lowest BCUT2D eigenvalue weighted by Gasteiger charge is -2.26. The smallest absolute Gasteiger partial charge is 0.404 e. The highest BCUT2D eigenvalue weighted by Gasteiger charge is 2.23. The Labute approximate surface area is 118 Å². The van der Waals surface area contributed by atoms with Crippen LogP contribution in [0.15, 0.2) is 54.6 Å². The minimum atomic E-state index is -4.50. The average molecular weight is 292 g/mol. The Bertz CT molecular complexity index is 614. The molecule has 0 amide bonds. The zero-order chi connectivity index (χ0) is 14.8. The van der Waals surface area contributed by atoms with Crippen molar-refractivity contribution in [3.8, 4) is 5.75 Å². The molecule has 0 fully saturated rings. The fourth-order valence-electron chi connectivity index (χ4n) is 2.09. The van der Waals surface area contributed by atoms with Gasteiger partial charge in [0.15, 0.2) is 0 Å². The van der Waals surface area contributed by atoms with Crippen LogP contribution in [0.4, 0.5) is 0 Å². The second kappa shape index (κ2) is 5.41. The Morgan fingerprint density at radius 2 is 1.40 bits per heavy atom. The van der Waals surface area contributed by atoms with Crippen molar-refractivity contribution in [2.75, 3.05) is 0 Å². The maximum Gasteiger partial charge on any atom is 0.524 e. The molecule has 0 saturated heterocycles. The third-order valence-electron chi connectivity index (χ3n) is 3.30. The third kappa shape index (κ3) is 3.48. The zero-order valence-corrected chi connectivity index (χ0v) is 12.2. The van der Waals surface area contributed by atoms with Crippen molar-refractivity contribution in [3.05, 3.63) is 65.7 Å². The normalized spacial score (nSPS) is 12.2. The Kier molecular flexibility index (Phi) is 4.00. The van der Waals surface area contributed by atoms with E-state index in [4.69, 9.17) is 9.79 Å². The highest BCUT2D eigenvalue weighted by atomic mass is 31.2. The van der Waals surface area contributed by atoms with Crippen LogP contribution in [-0.4, -0.2) is 9.79 Å². The molecule has 106 valence electrons. The van der Waals surface area contributed by atoms with E-state index in [-0.39, 0.29) is 11.2 Å². The minimum Gasteiger partial charge on any atom is -0.404 e. The molecule has 0 bridgehead atoms. The summed E-state index contributed by atoms with van der Waals surface area (Å²) in [7, 11) is -4.50. The summed E-state index contributed by atoms with van der Waals surface area (Å²) in [6, 6.07) is 16.8. The summed E-state index contributed by atoms with van der Waals surface area (Å²) < 4.78 is 15.3. The summed E-state index contributed by atoms with van der Waals surface area (Å²) in [5.41, 5.74) is 2.02. The van der Waals surface area contributed by atoms with Crippen LogP contribution >= 0.6 is 7.82 Å². The predicted molar refractivity (Wildman–Crippen MR) is 77.7 cm³/mol. The van der Waals surface area contributed by atoms with Crippen LogP contribution in [0.3, 0.4) is 0 Å². The molecular formula is C15H17O4P. The first-order chi connectivity index (χ1) is 9.29. The Morgan fingerprint density at radius 3 is 1.90 bits per heavy atom. The largest absolute Gasteiger partial charge is 0.524 e. The summed E-state index contributed by atoms with van der Waals surface area (Å²) in [5.74, 6) is 0.158. The van der Waals surface area contributed by atoms with Gasteiger partial charge in [0.05, 0.1) is 0 Å². The number of hydrogen-bond donors (Lipinski definition) is 2. The van der Waals surface area contributed by atoms with Gasteiger partial charge in [0.25, 0.3) is 0 Å². The first-order valence-electron chi connectivity index (χ1n) is 6.20. The number of benzene rings is 2. The van der Waals surface area contributed by atoms with Crippen LogP contribution in [-0.2, 0) is 9.98 Å². The molecular weight excluding hydrogens is 275 g/mol. The molecule has 0 aliphatic carbocycles. The number of phosphoric acid groups is 1. The van der Waals surface area contributed by atoms with Gasteiger partial charge in [-0.05, 0) is 23.3 Å². The van der Waals surface area contributed by atoms with Gasteiger partial charge in [-0.25, -0.2) is 4.57 Å². The number of phosphoric ester groups is 1. The standard InChI is InChI=1S/C15H17O4P/c1-15(2,12-6-4-3-5-7-12)13-8-10-14(11-9-13)19-20(16,17)18/h3-11H,1-2H3,(H2,16,17,18). The first-order valence-corrected chi connectivity index (χ1v) is 7.73. The van der Waals surface area contributed by atoms with Crippen molar-refractivity contribution in [2.45, 2.75) is 19.3 Å². The Morgan fingerprint density at radius 1 is 0.900 bits per heavy atom. The monoisotopic (exact) mass is 292 g/mol. The van der Waals surface area contributed by atoms with Gasteiger partial charge in [0.1, 0.15) is 5.75 Å². The third-order valence-corrected chi connectivity index (χ3v) is 3.74. The van der Waals surface area contributed by atoms with Gasteiger partial charge in [-0.1, -0.05) is 56.3 Å². The summed E-state index contributed by atoms with van der Waals surface area (Å²) in [4.78, 5) is 17.5. The van der Waals surface area contributed by atoms with Crippen LogP contribution in [0.1, 0.15) is 25.0 Å². The molecule has 0 unspecified atom stereocenters. The van der Waals surface area contributed by atoms with Crippen molar-refractivity contribution in [1.29, 1.82) is 0 Å². The van der Waals surface area contributed by atoms with E-state index >= 15 is 0 Å². The van der Waals surface area contributed by atoms with E-state index in [0.717, 1.165) is 5.56 Å². The fraction of sp³-hybridized carbons (Fsp3) is 0.200. The molecule has 2 rings (SSSR count). The average Bonchev–Trinajstić information content (AvgIpc) is 2.38. The van der Waals surface area contributed by atoms with Crippen LogP contribution in [0.2, 0.25) is 0 Å². The molecule has 0 saturated carbocycles. The zero-order valence-electron chi connectivity index (χ0n) is 11.4. The van der Waals surface area contributed by atoms with Gasteiger partial charge < -0.3 is 4.52 Å². The topological polar surface area (TPSA) is 66.8 Å². The van der Waals surface area contributed by atoms with Crippen molar-refractivity contribution in [3.63, 3.8) is 0 Å². The van der Waals surface area contributed by atoms with Crippen molar-refractivity contribution < 1.29 is 18.9 Å². The minimum absolute atomic E-state index is 0.158. The highest BCUT2D eigenvalue weighted by molar-refractivity contribution is 7.46. The molecule has 2 N–H and O–H groups in total. The first kappa shape index (κ1) is 14.8. The molecule has 0 aliphatic rings. The summed E-state index contributed by atoms with van der Waals surface area (Å²) >= 11 is 0. The number of rotatable bonds is 4. The van der Waals surface area contributed by atoms with Crippen LogP contribution in [0.25, 0.3) is 0 Å². The molecule has 0 radical (unpaired) electrons. The van der Waals surface area contributed by atoms with Crippen LogP contribution in [0, 0.1) is 0 Å². The second-order valence-electron chi connectivity index (χ2n) is 5.10. The molecule has 0 aliphatic heterocycles. The second-order valence-corrected chi connectivity index (χ2v) is 6.26. The predicted octanol–water partition coefficient (Wildman–Crippen LogP) is 3.48. The van der Waals surface area contributed by atoms with Crippen LogP contribution < -0.4 is 4.52 Å². The lowest BCUT2D eigenvalue weighted by atomic mass is 9.78. The fourth-order valence-corrected chi connectivity index (χ4v) is 2.49. The van der Waals surface area contributed by atoms with E-state index in [1.807, 2.05) is 30.3 Å². The van der Waals surface area contributed by atoms with Gasteiger partial charge in [-0.15, -0.1) is 0 Å². The van der Waals surface area contributed by atoms with E-state index in [1.54, 1.807) is 12.1 Å². The molecule has 2 aromatic carbocycles. The molecule has 0 spiro atoms. The van der Waals surface area contributed by atoms with E-state index in [0.29, 0.717) is 0 Å². The lowest BCUT2D eigenvalue weighted by Crippen LogP contribution is -2.18. The number of hydrogen-bond acceptors (Lipinski definition) is 2. The van der Waals surface area contributed by atoms with Gasteiger partial charge in [-0.2, -0.15) is 0 Å². The van der Waals surface area contributed by atoms with E-state index in [2.05, 4.69) is 30.5 Å². The summed E-state index contributed by atoms with van der Waals surface area (Å²) in [6.07, 6.45) is 0. The van der Waals surface area contributed by atoms with Crippen molar-refractivity contribution in [1.82, 2.24) is 0 Å². The molecule has 0 heterocycles. The maximum absolute atomic E-state index is 10.8. The van der Waals surface area contributed by atoms with Gasteiger partial charge >= 0.3 is 7.82 Å². The molecule has 20 heavy (non-hydrogen) atoms. The van der Waals surface area contributed by atoms with Crippen molar-refractivity contribution >= 4 is 7.82 Å². The van der Waals surface area contributed by atoms with E-state index in [9.17, 15) is 4.57 Å². The molecule has 0 atom stereocenters. The lowest BCUT2D eigenvalue weighted by molar-refractivity contribution is 0.283. The van der Waals surface area contributed by atoms with Gasteiger partial charge in [-0.3, -0.25) is 9.79 Å². The highest BCUT2D eigenvalue weighted by Crippen LogP contribution is 2.38. The van der Waals surface area contributed by atoms with Crippen molar-refractivity contribution in [2.24, 2.45) is 0 Å². The summed E-state index contributed by atoms with van der Waals surface area (Å²) in [5, 5.41) is 0. The van der Waals surface area contributed by atoms with Gasteiger partial charge in [0.2, 0.25) is 0 Å². The van der Waals surface area contributed by atoms with E-state index < -0.39 is 7.82 Å². The Hall–Kier alpha value is -1.61. The molecule has 4 nitrogen and oxygen atoms in total.